The average Bonchev–Trinajstić information content (AvgIpc) is 2.04. The Balaban J connectivity index is 3.97. The normalized spacial score (nSPS) is 12.5. The molecule has 0 amide bonds. The quantitative estimate of drug-likeness (QED) is 0.516. The zero-order chi connectivity index (χ0) is 8.91. The van der Waals surface area contributed by atoms with E-state index in [0.29, 0.717) is 0 Å². The molecule has 0 aliphatic carbocycles. The summed E-state index contributed by atoms with van der Waals surface area (Å²) < 4.78 is 12.2. The Morgan fingerprint density at radius 2 is 1.91 bits per heavy atom. The van der Waals surface area contributed by atoms with Crippen molar-refractivity contribution in [2.24, 2.45) is 0 Å². The summed E-state index contributed by atoms with van der Waals surface area (Å²) in [6, 6.07) is 0. The fraction of sp³-hybridized carbons (Fsp3) is 1.00. The second kappa shape index (κ2) is 5.51. The summed E-state index contributed by atoms with van der Waals surface area (Å²) in [4.78, 5) is 0. The third-order valence-electron chi connectivity index (χ3n) is 1.13. The van der Waals surface area contributed by atoms with Gasteiger partial charge < -0.3 is 9.05 Å². The van der Waals surface area contributed by atoms with Gasteiger partial charge in [0.2, 0.25) is 0 Å². The average molecular weight is 215 g/mol. The molecule has 0 fully saturated rings. The molecule has 0 N–H and O–H groups in total. The lowest BCUT2D eigenvalue weighted by Crippen LogP contribution is -2.07. The molecule has 0 aliphatic rings. The first-order valence-corrected chi connectivity index (χ1v) is 7.22. The fourth-order valence-electron chi connectivity index (χ4n) is 0.370. The van der Waals surface area contributed by atoms with Crippen molar-refractivity contribution >= 4 is 29.1 Å². The zero-order valence-electron chi connectivity index (χ0n) is 7.23. The number of nitrogens with zero attached hydrogens (tertiary/aromatic N) is 1. The lowest BCUT2D eigenvalue weighted by Gasteiger charge is -2.21. The number of hydrogen-bond acceptors (Lipinski definition) is 5. The van der Waals surface area contributed by atoms with Gasteiger partial charge in [-0.25, -0.2) is 4.31 Å². The van der Waals surface area contributed by atoms with E-state index in [-0.39, 0.29) is 0 Å². The van der Waals surface area contributed by atoms with Crippen molar-refractivity contribution < 1.29 is 9.05 Å². The summed E-state index contributed by atoms with van der Waals surface area (Å²) >= 11 is 6.60. The monoisotopic (exact) mass is 215 g/mol. The van der Waals surface area contributed by atoms with E-state index in [1.807, 2.05) is 11.4 Å². The van der Waals surface area contributed by atoms with Crippen LogP contribution in [0.4, 0.5) is 0 Å². The van der Waals surface area contributed by atoms with Crippen LogP contribution >= 0.6 is 17.3 Å². The van der Waals surface area contributed by atoms with Gasteiger partial charge >= 0.3 is 0 Å². The van der Waals surface area contributed by atoms with Crippen LogP contribution in [0.15, 0.2) is 0 Å². The third kappa shape index (κ3) is 4.45. The first-order valence-electron chi connectivity index (χ1n) is 3.20. The van der Waals surface area contributed by atoms with Crippen LogP contribution in [0.25, 0.3) is 0 Å². The van der Waals surface area contributed by atoms with Crippen LogP contribution in [0.1, 0.15) is 6.92 Å². The Bertz CT molecular complexity index is 147. The van der Waals surface area contributed by atoms with Gasteiger partial charge in [0, 0.05) is 32.3 Å². The minimum Gasteiger partial charge on any atom is -0.324 e. The van der Waals surface area contributed by atoms with E-state index in [1.54, 1.807) is 14.2 Å². The smallest absolute Gasteiger partial charge is 0.261 e. The van der Waals surface area contributed by atoms with Crippen molar-refractivity contribution in [2.45, 2.75) is 6.92 Å². The molecular formula is C5H14NO2PS2. The van der Waals surface area contributed by atoms with Gasteiger partial charge in [-0.1, -0.05) is 6.92 Å². The molecule has 0 aromatic carbocycles. The van der Waals surface area contributed by atoms with Crippen molar-refractivity contribution in [3.05, 3.63) is 0 Å². The minimum absolute atomic E-state index is 0.926. The molecular weight excluding hydrogens is 201 g/mol. The highest BCUT2D eigenvalue weighted by Crippen LogP contribution is 2.60. The SMILES string of the molecule is CCN(C)SP(=S)(OC)OC. The second-order valence-corrected chi connectivity index (χ2v) is 8.32. The predicted octanol–water partition coefficient (Wildman–Crippen LogP) is 2.10. The summed E-state index contributed by atoms with van der Waals surface area (Å²) in [6.45, 7) is 2.98. The predicted molar refractivity (Wildman–Crippen MR) is 54.2 cm³/mol. The maximum Gasteiger partial charge on any atom is 0.261 e. The van der Waals surface area contributed by atoms with Gasteiger partial charge in [0.15, 0.2) is 0 Å². The summed E-state index contributed by atoms with van der Waals surface area (Å²) in [5.74, 6) is 0. The van der Waals surface area contributed by atoms with Gasteiger partial charge in [-0.3, -0.25) is 0 Å². The Morgan fingerprint density at radius 1 is 1.45 bits per heavy atom. The van der Waals surface area contributed by atoms with Gasteiger partial charge in [-0.15, -0.1) is 0 Å². The zero-order valence-corrected chi connectivity index (χ0v) is 9.76. The van der Waals surface area contributed by atoms with Crippen molar-refractivity contribution in [2.75, 3.05) is 27.8 Å². The van der Waals surface area contributed by atoms with Gasteiger partial charge in [-0.2, -0.15) is 0 Å². The standard InChI is InChI=1S/C5H14NO2PS2/c1-5-6(2)11-9(10,7-3)8-4/h5H2,1-4H3. The summed E-state index contributed by atoms with van der Waals surface area (Å²) in [5, 5.41) is 0. The summed E-state index contributed by atoms with van der Waals surface area (Å²) in [6.07, 6.45) is 0. The van der Waals surface area contributed by atoms with E-state index in [1.165, 1.54) is 11.6 Å². The fourth-order valence-corrected chi connectivity index (χ4v) is 3.90. The Labute approximate surface area is 77.5 Å². The van der Waals surface area contributed by atoms with Crippen molar-refractivity contribution in [3.8, 4) is 0 Å². The molecule has 0 saturated carbocycles. The van der Waals surface area contributed by atoms with Crippen LogP contribution < -0.4 is 0 Å². The molecule has 0 atom stereocenters. The number of hydrogen-bond donors (Lipinski definition) is 0. The minimum atomic E-state index is -2.08. The van der Waals surface area contributed by atoms with E-state index in [4.69, 9.17) is 20.9 Å². The van der Waals surface area contributed by atoms with Crippen molar-refractivity contribution in [3.63, 3.8) is 0 Å². The van der Waals surface area contributed by atoms with Crippen molar-refractivity contribution in [1.29, 1.82) is 0 Å². The molecule has 0 bridgehead atoms. The van der Waals surface area contributed by atoms with Crippen LogP contribution in [0, 0.1) is 0 Å². The lowest BCUT2D eigenvalue weighted by atomic mass is 10.8. The summed E-state index contributed by atoms with van der Waals surface area (Å²) in [5.41, 5.74) is -2.08. The van der Waals surface area contributed by atoms with Crippen LogP contribution in [-0.4, -0.2) is 32.1 Å². The first kappa shape index (κ1) is 11.9. The van der Waals surface area contributed by atoms with E-state index in [0.717, 1.165) is 6.54 Å². The number of rotatable bonds is 5. The Kier molecular flexibility index (Phi) is 5.95. The maximum absolute atomic E-state index is 5.13. The topological polar surface area (TPSA) is 21.7 Å². The molecule has 68 valence electrons. The third-order valence-corrected chi connectivity index (χ3v) is 6.59. The lowest BCUT2D eigenvalue weighted by molar-refractivity contribution is 0.352. The molecule has 0 radical (unpaired) electrons. The highest BCUT2D eigenvalue weighted by Gasteiger charge is 2.18. The molecule has 6 heteroatoms. The second-order valence-electron chi connectivity index (χ2n) is 1.84. The van der Waals surface area contributed by atoms with E-state index in [2.05, 4.69) is 6.92 Å². The molecule has 0 spiro atoms. The molecule has 0 rings (SSSR count). The molecule has 0 aliphatic heterocycles. The van der Waals surface area contributed by atoms with Gasteiger partial charge in [0.05, 0.1) is 0 Å². The largest absolute Gasteiger partial charge is 0.324 e. The maximum atomic E-state index is 5.13. The van der Waals surface area contributed by atoms with Crippen LogP contribution in [0.2, 0.25) is 0 Å². The first-order chi connectivity index (χ1) is 5.08. The van der Waals surface area contributed by atoms with Crippen LogP contribution in [-0.2, 0) is 20.9 Å². The highest BCUT2D eigenvalue weighted by atomic mass is 32.9. The highest BCUT2D eigenvalue weighted by molar-refractivity contribution is 8.67. The van der Waals surface area contributed by atoms with E-state index >= 15 is 0 Å². The summed E-state index contributed by atoms with van der Waals surface area (Å²) in [7, 11) is 5.13. The van der Waals surface area contributed by atoms with Gasteiger partial charge in [0.25, 0.3) is 5.69 Å². The molecule has 0 saturated heterocycles. The van der Waals surface area contributed by atoms with E-state index in [9.17, 15) is 0 Å². The van der Waals surface area contributed by atoms with Gasteiger partial charge in [-0.05, 0) is 18.9 Å². The van der Waals surface area contributed by atoms with E-state index < -0.39 is 5.69 Å². The molecule has 0 unspecified atom stereocenters. The molecule has 3 nitrogen and oxygen atoms in total. The molecule has 11 heavy (non-hydrogen) atoms. The van der Waals surface area contributed by atoms with Crippen molar-refractivity contribution in [1.82, 2.24) is 4.31 Å². The Morgan fingerprint density at radius 3 is 2.18 bits per heavy atom. The van der Waals surface area contributed by atoms with Crippen LogP contribution in [0.3, 0.4) is 0 Å². The van der Waals surface area contributed by atoms with Gasteiger partial charge in [0.1, 0.15) is 0 Å². The Hall–Kier alpha value is 0.880. The van der Waals surface area contributed by atoms with Crippen LogP contribution in [0.5, 0.6) is 0 Å². The molecule has 0 heterocycles. The molecule has 0 aromatic heterocycles. The molecule has 0 aromatic rings.